The van der Waals surface area contributed by atoms with Crippen molar-refractivity contribution in [3.8, 4) is 0 Å². The molecule has 3 rings (SSSR count). The molecule has 0 aromatic carbocycles. The zero-order valence-corrected chi connectivity index (χ0v) is 12.8. The van der Waals surface area contributed by atoms with Crippen molar-refractivity contribution < 1.29 is 0 Å². The average molecular weight is 289 g/mol. The lowest BCUT2D eigenvalue weighted by Gasteiger charge is -2.31. The van der Waals surface area contributed by atoms with Gasteiger partial charge in [-0.25, -0.2) is 4.68 Å². The van der Waals surface area contributed by atoms with Gasteiger partial charge in [-0.05, 0) is 48.8 Å². The molecule has 0 radical (unpaired) electrons. The van der Waals surface area contributed by atoms with Gasteiger partial charge in [-0.1, -0.05) is 6.92 Å². The molecule has 114 valence electrons. The smallest absolute Gasteiger partial charge is 0.165 e. The highest BCUT2D eigenvalue weighted by atomic mass is 15.5. The summed E-state index contributed by atoms with van der Waals surface area (Å²) in [7, 11) is 2.03. The molecule has 2 aromatic rings. The summed E-state index contributed by atoms with van der Waals surface area (Å²) >= 11 is 0. The van der Waals surface area contributed by atoms with Crippen molar-refractivity contribution >= 4 is 0 Å². The van der Waals surface area contributed by atoms with Gasteiger partial charge in [0.25, 0.3) is 0 Å². The molecule has 0 bridgehead atoms. The second kappa shape index (κ2) is 6.34. The van der Waals surface area contributed by atoms with Gasteiger partial charge in [0, 0.05) is 31.4 Å². The van der Waals surface area contributed by atoms with Crippen molar-refractivity contribution in [1.82, 2.24) is 34.9 Å². The van der Waals surface area contributed by atoms with E-state index in [9.17, 15) is 0 Å². The molecule has 1 aliphatic heterocycles. The van der Waals surface area contributed by atoms with Crippen molar-refractivity contribution in [2.24, 2.45) is 7.05 Å². The largest absolute Gasteiger partial charge is 0.296 e. The fourth-order valence-electron chi connectivity index (χ4n) is 3.09. The van der Waals surface area contributed by atoms with E-state index in [1.54, 1.807) is 0 Å². The summed E-state index contributed by atoms with van der Waals surface area (Å²) in [5.41, 5.74) is 1.35. The lowest BCUT2D eigenvalue weighted by atomic mass is 9.93. The van der Waals surface area contributed by atoms with Gasteiger partial charge in [0.15, 0.2) is 5.82 Å². The molecule has 0 amide bonds. The number of aryl methyl sites for hydroxylation is 2. The third kappa shape index (κ3) is 3.12. The van der Waals surface area contributed by atoms with Crippen LogP contribution in [-0.4, -0.2) is 48.0 Å². The third-order valence-electron chi connectivity index (χ3n) is 4.27. The molecule has 1 aliphatic rings. The summed E-state index contributed by atoms with van der Waals surface area (Å²) in [6.07, 6.45) is 5.30. The number of aromatic nitrogens is 6. The molecule has 0 atom stereocenters. The van der Waals surface area contributed by atoms with E-state index in [2.05, 4.69) is 38.5 Å². The average Bonchev–Trinajstić information content (AvgIpc) is 3.10. The Morgan fingerprint density at radius 1 is 1.29 bits per heavy atom. The van der Waals surface area contributed by atoms with E-state index in [-0.39, 0.29) is 0 Å². The quantitative estimate of drug-likeness (QED) is 0.827. The van der Waals surface area contributed by atoms with Gasteiger partial charge in [-0.2, -0.15) is 5.10 Å². The Labute approximate surface area is 124 Å². The van der Waals surface area contributed by atoms with Crippen LogP contribution in [0.5, 0.6) is 0 Å². The van der Waals surface area contributed by atoms with Crippen LogP contribution in [0.4, 0.5) is 0 Å². The van der Waals surface area contributed by atoms with Crippen molar-refractivity contribution in [3.05, 3.63) is 23.8 Å². The highest BCUT2D eigenvalue weighted by Gasteiger charge is 2.23. The summed E-state index contributed by atoms with van der Waals surface area (Å²) in [6.45, 7) is 6.08. The summed E-state index contributed by atoms with van der Waals surface area (Å²) in [6, 6.07) is 2.14. The lowest BCUT2D eigenvalue weighted by molar-refractivity contribution is 0.194. The molecule has 0 unspecified atom stereocenters. The number of nitrogens with zero attached hydrogens (tertiary/aromatic N) is 7. The summed E-state index contributed by atoms with van der Waals surface area (Å²) in [5, 5.41) is 16.3. The Bertz CT molecular complexity index is 565. The standard InChI is InChI=1S/C14H23N7/c1-3-8-21-14(16-17-18-21)11-20-9-5-12(6-10-20)13-4-7-15-19(13)2/h4,7,12H,3,5-6,8-11H2,1-2H3. The molecule has 0 N–H and O–H groups in total. The van der Waals surface area contributed by atoms with Crippen molar-refractivity contribution in [3.63, 3.8) is 0 Å². The Kier molecular flexibility index (Phi) is 4.28. The monoisotopic (exact) mass is 289 g/mol. The molecule has 0 spiro atoms. The maximum Gasteiger partial charge on any atom is 0.165 e. The van der Waals surface area contributed by atoms with Crippen LogP contribution < -0.4 is 0 Å². The van der Waals surface area contributed by atoms with Gasteiger partial charge >= 0.3 is 0 Å². The van der Waals surface area contributed by atoms with E-state index in [1.165, 1.54) is 18.5 Å². The minimum atomic E-state index is 0.625. The fourth-order valence-corrected chi connectivity index (χ4v) is 3.09. The molecule has 0 aliphatic carbocycles. The number of hydrogen-bond donors (Lipinski definition) is 0. The first-order valence-electron chi connectivity index (χ1n) is 7.73. The first kappa shape index (κ1) is 14.2. The normalized spacial score (nSPS) is 17.4. The molecule has 2 aromatic heterocycles. The minimum Gasteiger partial charge on any atom is -0.296 e. The van der Waals surface area contributed by atoms with E-state index >= 15 is 0 Å². The molecule has 1 fully saturated rings. The van der Waals surface area contributed by atoms with E-state index in [4.69, 9.17) is 0 Å². The highest BCUT2D eigenvalue weighted by molar-refractivity contribution is 5.08. The molecule has 7 heteroatoms. The second-order valence-electron chi connectivity index (χ2n) is 5.75. The third-order valence-corrected chi connectivity index (χ3v) is 4.27. The van der Waals surface area contributed by atoms with Crippen LogP contribution >= 0.6 is 0 Å². The summed E-state index contributed by atoms with van der Waals surface area (Å²) in [4.78, 5) is 2.45. The van der Waals surface area contributed by atoms with Crippen LogP contribution in [0.2, 0.25) is 0 Å². The molecule has 21 heavy (non-hydrogen) atoms. The van der Waals surface area contributed by atoms with Crippen LogP contribution in [-0.2, 0) is 20.1 Å². The van der Waals surface area contributed by atoms with Gasteiger partial charge in [0.1, 0.15) is 0 Å². The molecule has 7 nitrogen and oxygen atoms in total. The second-order valence-corrected chi connectivity index (χ2v) is 5.75. The van der Waals surface area contributed by atoms with E-state index in [1.807, 2.05) is 22.6 Å². The van der Waals surface area contributed by atoms with Gasteiger partial charge in [0.05, 0.1) is 6.54 Å². The van der Waals surface area contributed by atoms with Crippen LogP contribution in [0.25, 0.3) is 0 Å². The molecular weight excluding hydrogens is 266 g/mol. The maximum atomic E-state index is 4.28. The highest BCUT2D eigenvalue weighted by Crippen LogP contribution is 2.27. The van der Waals surface area contributed by atoms with Crippen LogP contribution in [0, 0.1) is 0 Å². The van der Waals surface area contributed by atoms with Crippen LogP contribution in [0.3, 0.4) is 0 Å². The molecule has 1 saturated heterocycles. The van der Waals surface area contributed by atoms with E-state index in [0.29, 0.717) is 5.92 Å². The van der Waals surface area contributed by atoms with Crippen molar-refractivity contribution in [2.75, 3.05) is 13.1 Å². The Balaban J connectivity index is 1.56. The number of hydrogen-bond acceptors (Lipinski definition) is 5. The summed E-state index contributed by atoms with van der Waals surface area (Å²) < 4.78 is 3.93. The first-order valence-corrected chi connectivity index (χ1v) is 7.73. The van der Waals surface area contributed by atoms with Gasteiger partial charge in [0.2, 0.25) is 0 Å². The number of rotatable bonds is 5. The summed E-state index contributed by atoms with van der Waals surface area (Å²) in [5.74, 6) is 1.61. The van der Waals surface area contributed by atoms with Crippen LogP contribution in [0.1, 0.15) is 43.6 Å². The first-order chi connectivity index (χ1) is 10.3. The number of likely N-dealkylation sites (tertiary alicyclic amines) is 1. The topological polar surface area (TPSA) is 64.7 Å². The minimum absolute atomic E-state index is 0.625. The fraction of sp³-hybridized carbons (Fsp3) is 0.714. The van der Waals surface area contributed by atoms with Crippen molar-refractivity contribution in [1.29, 1.82) is 0 Å². The number of tetrazole rings is 1. The SMILES string of the molecule is CCCn1nnnc1CN1CCC(c2ccnn2C)CC1. The van der Waals surface area contributed by atoms with Gasteiger partial charge in [-0.3, -0.25) is 9.58 Å². The Morgan fingerprint density at radius 2 is 2.10 bits per heavy atom. The predicted octanol–water partition coefficient (Wildman–Crippen LogP) is 1.20. The molecule has 3 heterocycles. The van der Waals surface area contributed by atoms with Crippen molar-refractivity contribution in [2.45, 2.75) is 45.2 Å². The zero-order valence-electron chi connectivity index (χ0n) is 12.8. The van der Waals surface area contributed by atoms with E-state index < -0.39 is 0 Å². The molecule has 0 saturated carbocycles. The molecular formula is C14H23N7. The number of piperidine rings is 1. The zero-order chi connectivity index (χ0) is 14.7. The maximum absolute atomic E-state index is 4.28. The van der Waals surface area contributed by atoms with Gasteiger partial charge < -0.3 is 0 Å². The Morgan fingerprint density at radius 3 is 2.76 bits per heavy atom. The lowest BCUT2D eigenvalue weighted by Crippen LogP contribution is -2.34. The van der Waals surface area contributed by atoms with Gasteiger partial charge in [-0.15, -0.1) is 5.10 Å². The van der Waals surface area contributed by atoms with E-state index in [0.717, 1.165) is 38.4 Å². The van der Waals surface area contributed by atoms with Crippen LogP contribution in [0.15, 0.2) is 12.3 Å². The predicted molar refractivity (Wildman–Crippen MR) is 78.6 cm³/mol. The Hall–Kier alpha value is -1.76.